The summed E-state index contributed by atoms with van der Waals surface area (Å²) in [7, 11) is 0. The van der Waals surface area contributed by atoms with Crippen molar-refractivity contribution in [2.24, 2.45) is 0 Å². The summed E-state index contributed by atoms with van der Waals surface area (Å²) in [5.74, 6) is -0.214. The average Bonchev–Trinajstić information content (AvgIpc) is 2.67. The van der Waals surface area contributed by atoms with Crippen molar-refractivity contribution < 1.29 is 27.8 Å². The second-order valence-electron chi connectivity index (χ2n) is 7.98. The molecular formula is C23H28F2N2O4. The van der Waals surface area contributed by atoms with Crippen LogP contribution in [0.2, 0.25) is 0 Å². The normalized spacial score (nSPS) is 12.2. The standard InChI is InChI=1S/C23H28F2N2O4/c1-15(16-9-11-18(12-10-16)30-21(24)25)27-20(28)19-8-6-5-7-17(19)13-14-26-22(29)31-23(2,3)4/h5-12,15,21H,13-14H2,1-4H3,(H,26,29)(H,27,28)/t15-/m1/s1. The van der Waals surface area contributed by atoms with Gasteiger partial charge in [0.1, 0.15) is 11.4 Å². The predicted octanol–water partition coefficient (Wildman–Crippen LogP) is 4.85. The highest BCUT2D eigenvalue weighted by Crippen LogP contribution is 2.20. The largest absolute Gasteiger partial charge is 0.444 e. The van der Waals surface area contributed by atoms with E-state index in [0.717, 1.165) is 11.1 Å². The first-order valence-electron chi connectivity index (χ1n) is 9.95. The van der Waals surface area contributed by atoms with Crippen molar-refractivity contribution in [3.63, 3.8) is 0 Å². The van der Waals surface area contributed by atoms with Gasteiger partial charge in [-0.15, -0.1) is 0 Å². The van der Waals surface area contributed by atoms with Crippen molar-refractivity contribution in [2.45, 2.75) is 52.4 Å². The minimum Gasteiger partial charge on any atom is -0.444 e. The lowest BCUT2D eigenvalue weighted by Crippen LogP contribution is -2.34. The molecule has 6 nitrogen and oxygen atoms in total. The van der Waals surface area contributed by atoms with Gasteiger partial charge in [0.15, 0.2) is 0 Å². The van der Waals surface area contributed by atoms with Crippen LogP contribution in [0.15, 0.2) is 48.5 Å². The van der Waals surface area contributed by atoms with Gasteiger partial charge in [-0.2, -0.15) is 8.78 Å². The van der Waals surface area contributed by atoms with Gasteiger partial charge < -0.3 is 20.1 Å². The first kappa shape index (κ1) is 24.1. The summed E-state index contributed by atoms with van der Waals surface area (Å²) in [6, 6.07) is 12.9. The second-order valence-corrected chi connectivity index (χ2v) is 7.98. The molecule has 0 aliphatic heterocycles. The summed E-state index contributed by atoms with van der Waals surface area (Å²) in [5, 5.41) is 5.58. The fourth-order valence-electron chi connectivity index (χ4n) is 2.87. The van der Waals surface area contributed by atoms with Crippen LogP contribution in [0.25, 0.3) is 0 Å². The van der Waals surface area contributed by atoms with Crippen LogP contribution in [0.5, 0.6) is 5.75 Å². The number of carbonyl (C=O) groups excluding carboxylic acids is 2. The average molecular weight is 434 g/mol. The minimum atomic E-state index is -2.88. The van der Waals surface area contributed by atoms with Crippen molar-refractivity contribution in [3.8, 4) is 5.75 Å². The predicted molar refractivity (Wildman–Crippen MR) is 113 cm³/mol. The van der Waals surface area contributed by atoms with Gasteiger partial charge in [0.2, 0.25) is 0 Å². The lowest BCUT2D eigenvalue weighted by molar-refractivity contribution is -0.0498. The molecule has 168 valence electrons. The lowest BCUT2D eigenvalue weighted by Gasteiger charge is -2.20. The molecule has 2 aromatic rings. The van der Waals surface area contributed by atoms with Gasteiger partial charge in [-0.1, -0.05) is 30.3 Å². The number of halogens is 2. The zero-order valence-corrected chi connectivity index (χ0v) is 18.1. The van der Waals surface area contributed by atoms with Gasteiger partial charge in [0.25, 0.3) is 5.91 Å². The molecule has 0 heterocycles. The molecule has 0 saturated carbocycles. The summed E-state index contributed by atoms with van der Waals surface area (Å²) in [6.07, 6.45) is -0.0565. The van der Waals surface area contributed by atoms with E-state index in [0.29, 0.717) is 18.5 Å². The molecule has 0 aliphatic carbocycles. The maximum absolute atomic E-state index is 12.8. The Morgan fingerprint density at radius 3 is 2.29 bits per heavy atom. The maximum atomic E-state index is 12.8. The molecule has 1 atom stereocenters. The Kier molecular flexibility index (Phi) is 8.36. The fourth-order valence-corrected chi connectivity index (χ4v) is 2.87. The van der Waals surface area contributed by atoms with Gasteiger partial charge in [0, 0.05) is 12.1 Å². The van der Waals surface area contributed by atoms with Gasteiger partial charge in [-0.25, -0.2) is 4.79 Å². The van der Waals surface area contributed by atoms with Crippen LogP contribution in [0.4, 0.5) is 13.6 Å². The SMILES string of the molecule is C[C@@H](NC(=O)c1ccccc1CCNC(=O)OC(C)(C)C)c1ccc(OC(F)F)cc1. The third-order valence-electron chi connectivity index (χ3n) is 4.28. The van der Waals surface area contributed by atoms with Crippen LogP contribution >= 0.6 is 0 Å². The van der Waals surface area contributed by atoms with Crippen molar-refractivity contribution >= 4 is 12.0 Å². The molecule has 2 rings (SSSR count). The topological polar surface area (TPSA) is 76.7 Å². The number of ether oxygens (including phenoxy) is 2. The van der Waals surface area contributed by atoms with E-state index >= 15 is 0 Å². The van der Waals surface area contributed by atoms with Crippen molar-refractivity contribution in [2.75, 3.05) is 6.54 Å². The minimum absolute atomic E-state index is 0.0557. The fraction of sp³-hybridized carbons (Fsp3) is 0.391. The van der Waals surface area contributed by atoms with Gasteiger partial charge >= 0.3 is 12.7 Å². The molecule has 0 radical (unpaired) electrons. The van der Waals surface area contributed by atoms with E-state index in [2.05, 4.69) is 15.4 Å². The van der Waals surface area contributed by atoms with Crippen LogP contribution < -0.4 is 15.4 Å². The maximum Gasteiger partial charge on any atom is 0.407 e. The highest BCUT2D eigenvalue weighted by atomic mass is 19.3. The Morgan fingerprint density at radius 2 is 1.68 bits per heavy atom. The van der Waals surface area contributed by atoms with Crippen molar-refractivity contribution in [3.05, 3.63) is 65.2 Å². The Hall–Kier alpha value is -3.16. The number of hydrogen-bond acceptors (Lipinski definition) is 4. The van der Waals surface area contributed by atoms with Crippen LogP contribution in [0.1, 0.15) is 55.2 Å². The summed E-state index contributed by atoms with van der Waals surface area (Å²) in [6.45, 7) is 4.59. The molecule has 0 saturated heterocycles. The molecule has 0 fully saturated rings. The van der Waals surface area contributed by atoms with Crippen LogP contribution in [0.3, 0.4) is 0 Å². The number of alkyl carbamates (subject to hydrolysis) is 1. The Bertz CT molecular complexity index is 880. The van der Waals surface area contributed by atoms with E-state index in [4.69, 9.17) is 4.74 Å². The lowest BCUT2D eigenvalue weighted by atomic mass is 10.0. The molecule has 0 unspecified atom stereocenters. The van der Waals surface area contributed by atoms with Crippen molar-refractivity contribution in [1.29, 1.82) is 0 Å². The number of amides is 2. The van der Waals surface area contributed by atoms with E-state index in [1.807, 2.05) is 12.1 Å². The molecule has 0 bridgehead atoms. The van der Waals surface area contributed by atoms with Gasteiger partial charge in [-0.3, -0.25) is 4.79 Å². The molecule has 2 aromatic carbocycles. The number of alkyl halides is 2. The van der Waals surface area contributed by atoms with Gasteiger partial charge in [-0.05, 0) is 63.4 Å². The summed E-state index contributed by atoms with van der Waals surface area (Å²) in [4.78, 5) is 24.6. The number of carbonyl (C=O) groups is 2. The van der Waals surface area contributed by atoms with Crippen LogP contribution in [-0.4, -0.2) is 30.8 Å². The highest BCUT2D eigenvalue weighted by Gasteiger charge is 2.17. The molecule has 0 aromatic heterocycles. The Labute approximate surface area is 180 Å². The monoisotopic (exact) mass is 434 g/mol. The van der Waals surface area contributed by atoms with E-state index < -0.39 is 18.3 Å². The molecule has 2 amide bonds. The zero-order chi connectivity index (χ0) is 23.0. The third-order valence-corrected chi connectivity index (χ3v) is 4.28. The summed E-state index contributed by atoms with van der Waals surface area (Å²) >= 11 is 0. The Morgan fingerprint density at radius 1 is 1.03 bits per heavy atom. The molecule has 2 N–H and O–H groups in total. The van der Waals surface area contributed by atoms with Gasteiger partial charge in [0.05, 0.1) is 6.04 Å². The number of nitrogens with one attached hydrogen (secondary N) is 2. The first-order chi connectivity index (χ1) is 14.5. The smallest absolute Gasteiger partial charge is 0.407 e. The summed E-state index contributed by atoms with van der Waals surface area (Å²) < 4.78 is 34.1. The van der Waals surface area contributed by atoms with E-state index in [1.165, 1.54) is 12.1 Å². The molecular weight excluding hydrogens is 406 g/mol. The highest BCUT2D eigenvalue weighted by molar-refractivity contribution is 5.96. The molecule has 31 heavy (non-hydrogen) atoms. The second kappa shape index (κ2) is 10.7. The third kappa shape index (κ3) is 8.24. The van der Waals surface area contributed by atoms with E-state index in [-0.39, 0.29) is 17.7 Å². The van der Waals surface area contributed by atoms with Crippen molar-refractivity contribution in [1.82, 2.24) is 10.6 Å². The number of rotatable bonds is 8. The summed E-state index contributed by atoms with van der Waals surface area (Å²) in [5.41, 5.74) is 1.45. The molecule has 0 spiro atoms. The number of benzene rings is 2. The molecule has 0 aliphatic rings. The number of hydrogen-bond donors (Lipinski definition) is 2. The van der Waals surface area contributed by atoms with E-state index in [9.17, 15) is 18.4 Å². The quantitative estimate of drug-likeness (QED) is 0.623. The Balaban J connectivity index is 1.96. The zero-order valence-electron chi connectivity index (χ0n) is 18.1. The first-order valence-corrected chi connectivity index (χ1v) is 9.95. The molecule has 8 heteroatoms. The van der Waals surface area contributed by atoms with Crippen LogP contribution in [0, 0.1) is 0 Å². The van der Waals surface area contributed by atoms with E-state index in [1.54, 1.807) is 52.0 Å². The van der Waals surface area contributed by atoms with Crippen LogP contribution in [-0.2, 0) is 11.2 Å².